The number of rotatable bonds is 9. The van der Waals surface area contributed by atoms with Gasteiger partial charge in [-0.25, -0.2) is 4.79 Å². The summed E-state index contributed by atoms with van der Waals surface area (Å²) in [6.07, 6.45) is 2.42. The lowest BCUT2D eigenvalue weighted by Gasteiger charge is -2.36. The molecule has 3 amide bonds. The number of carboxylic acid groups (broad SMARTS) is 1. The Bertz CT molecular complexity index is 738. The van der Waals surface area contributed by atoms with E-state index >= 15 is 0 Å². The first-order valence-corrected chi connectivity index (χ1v) is 11.3. The van der Waals surface area contributed by atoms with Gasteiger partial charge in [-0.3, -0.25) is 9.59 Å². The quantitative estimate of drug-likeness (QED) is 0.482. The topological polar surface area (TPSA) is 108 Å². The Hall–Kier alpha value is -2.57. The summed E-state index contributed by atoms with van der Waals surface area (Å²) in [7, 11) is 0. The molecular weight excluding hydrogens is 394 g/mol. The van der Waals surface area contributed by atoms with Crippen molar-refractivity contribution in [2.45, 2.75) is 65.5 Å². The van der Waals surface area contributed by atoms with E-state index in [9.17, 15) is 14.4 Å². The highest BCUT2D eigenvalue weighted by Gasteiger charge is 2.35. The number of amides is 3. The lowest BCUT2D eigenvalue weighted by molar-refractivity contribution is -0.130. The normalized spacial score (nSPS) is 22.9. The van der Waals surface area contributed by atoms with Crippen molar-refractivity contribution in [1.29, 1.82) is 0 Å². The van der Waals surface area contributed by atoms with E-state index in [0.717, 1.165) is 24.8 Å². The van der Waals surface area contributed by atoms with Gasteiger partial charge in [-0.2, -0.15) is 0 Å². The second kappa shape index (κ2) is 11.7. The molecule has 0 radical (unpaired) electrons. The molecule has 0 bridgehead atoms. The average molecular weight is 432 g/mol. The minimum absolute atomic E-state index is 0.00979. The summed E-state index contributed by atoms with van der Waals surface area (Å²) in [5.74, 6) is 0.986. The SMILES string of the molecule is CC(NC(=O)O)C(=O)NC(CNC(=O)[C@@H]1C[C@H](C)CC[C@H]1C(C)C)Cc1ccccc1. The summed E-state index contributed by atoms with van der Waals surface area (Å²) in [5, 5.41) is 17.0. The van der Waals surface area contributed by atoms with Crippen LogP contribution < -0.4 is 16.0 Å². The van der Waals surface area contributed by atoms with Gasteiger partial charge in [-0.1, -0.05) is 57.5 Å². The molecule has 0 spiro atoms. The molecule has 1 fully saturated rings. The van der Waals surface area contributed by atoms with E-state index in [2.05, 4.69) is 36.7 Å². The Morgan fingerprint density at radius 2 is 1.74 bits per heavy atom. The molecule has 0 heterocycles. The third kappa shape index (κ3) is 7.89. The number of nitrogens with one attached hydrogen (secondary N) is 3. The van der Waals surface area contributed by atoms with Crippen LogP contribution in [0, 0.1) is 23.7 Å². The van der Waals surface area contributed by atoms with E-state index in [-0.39, 0.29) is 17.9 Å². The van der Waals surface area contributed by atoms with E-state index in [1.54, 1.807) is 0 Å². The van der Waals surface area contributed by atoms with E-state index in [1.165, 1.54) is 6.92 Å². The molecule has 5 atom stereocenters. The molecule has 7 heteroatoms. The molecule has 0 aliphatic heterocycles. The Kier molecular flexibility index (Phi) is 9.34. The average Bonchev–Trinajstić information content (AvgIpc) is 2.71. The highest BCUT2D eigenvalue weighted by molar-refractivity contribution is 5.85. The lowest BCUT2D eigenvalue weighted by atomic mass is 9.70. The second-order valence-electron chi connectivity index (χ2n) is 9.24. The van der Waals surface area contributed by atoms with Crippen molar-refractivity contribution in [2.24, 2.45) is 23.7 Å². The van der Waals surface area contributed by atoms with Crippen molar-refractivity contribution in [3.05, 3.63) is 35.9 Å². The zero-order chi connectivity index (χ0) is 23.0. The fourth-order valence-corrected chi connectivity index (χ4v) is 4.51. The molecule has 172 valence electrons. The van der Waals surface area contributed by atoms with Crippen LogP contribution >= 0.6 is 0 Å². The van der Waals surface area contributed by atoms with Crippen molar-refractivity contribution >= 4 is 17.9 Å². The molecule has 1 aromatic carbocycles. The standard InChI is InChI=1S/C24H37N3O4/c1-15(2)20-11-10-16(3)12-21(20)23(29)25-14-19(13-18-8-6-5-7-9-18)27-22(28)17(4)26-24(30)31/h5-9,15-17,19-21,26H,10-14H2,1-4H3,(H,25,29)(H,27,28)(H,30,31)/t16-,17?,19?,20+,21-/m1/s1. The van der Waals surface area contributed by atoms with Crippen LogP contribution in [0.25, 0.3) is 0 Å². The molecule has 2 unspecified atom stereocenters. The summed E-state index contributed by atoms with van der Waals surface area (Å²) in [5.41, 5.74) is 1.03. The molecule has 1 aliphatic rings. The minimum Gasteiger partial charge on any atom is -0.465 e. The number of hydrogen-bond donors (Lipinski definition) is 4. The second-order valence-corrected chi connectivity index (χ2v) is 9.24. The van der Waals surface area contributed by atoms with Crippen molar-refractivity contribution in [1.82, 2.24) is 16.0 Å². The molecule has 1 aromatic rings. The van der Waals surface area contributed by atoms with E-state index in [4.69, 9.17) is 5.11 Å². The Balaban J connectivity index is 2.04. The first-order valence-electron chi connectivity index (χ1n) is 11.3. The Morgan fingerprint density at radius 1 is 1.06 bits per heavy atom. The Labute approximate surface area is 185 Å². The number of carbonyl (C=O) groups is 3. The maximum absolute atomic E-state index is 13.1. The van der Waals surface area contributed by atoms with Crippen LogP contribution in [0.5, 0.6) is 0 Å². The van der Waals surface area contributed by atoms with Crippen LogP contribution in [-0.4, -0.2) is 41.6 Å². The van der Waals surface area contributed by atoms with Crippen molar-refractivity contribution in [3.8, 4) is 0 Å². The van der Waals surface area contributed by atoms with Crippen LogP contribution in [0.3, 0.4) is 0 Å². The fraction of sp³-hybridized carbons (Fsp3) is 0.625. The van der Waals surface area contributed by atoms with E-state index in [0.29, 0.717) is 30.7 Å². The summed E-state index contributed by atoms with van der Waals surface area (Å²) in [6.45, 7) is 8.35. The summed E-state index contributed by atoms with van der Waals surface area (Å²) in [6, 6.07) is 8.51. The van der Waals surface area contributed by atoms with Gasteiger partial charge in [0.25, 0.3) is 0 Å². The van der Waals surface area contributed by atoms with Crippen LogP contribution in [0.15, 0.2) is 30.3 Å². The highest BCUT2D eigenvalue weighted by Crippen LogP contribution is 2.38. The largest absolute Gasteiger partial charge is 0.465 e. The monoisotopic (exact) mass is 431 g/mol. The molecule has 7 nitrogen and oxygen atoms in total. The van der Waals surface area contributed by atoms with Gasteiger partial charge in [-0.05, 0) is 49.5 Å². The molecule has 31 heavy (non-hydrogen) atoms. The van der Waals surface area contributed by atoms with E-state index < -0.39 is 18.0 Å². The van der Waals surface area contributed by atoms with Gasteiger partial charge in [0.05, 0.1) is 6.04 Å². The molecule has 2 rings (SSSR count). The van der Waals surface area contributed by atoms with Gasteiger partial charge in [0.15, 0.2) is 0 Å². The third-order valence-electron chi connectivity index (χ3n) is 6.29. The number of benzene rings is 1. The van der Waals surface area contributed by atoms with Crippen molar-refractivity contribution in [3.63, 3.8) is 0 Å². The first-order chi connectivity index (χ1) is 14.7. The number of hydrogen-bond acceptors (Lipinski definition) is 3. The molecular formula is C24H37N3O4. The smallest absolute Gasteiger partial charge is 0.405 e. The predicted octanol–water partition coefficient (Wildman–Crippen LogP) is 3.19. The van der Waals surface area contributed by atoms with Gasteiger partial charge < -0.3 is 21.1 Å². The molecule has 1 saturated carbocycles. The molecule has 0 saturated heterocycles. The summed E-state index contributed by atoms with van der Waals surface area (Å²) in [4.78, 5) is 36.4. The molecule has 1 aliphatic carbocycles. The minimum atomic E-state index is -1.25. The Morgan fingerprint density at radius 3 is 2.35 bits per heavy atom. The van der Waals surface area contributed by atoms with Gasteiger partial charge in [-0.15, -0.1) is 0 Å². The van der Waals surface area contributed by atoms with Gasteiger partial charge >= 0.3 is 6.09 Å². The van der Waals surface area contributed by atoms with Crippen molar-refractivity contribution < 1.29 is 19.5 Å². The first kappa shape index (κ1) is 24.7. The lowest BCUT2D eigenvalue weighted by Crippen LogP contribution is -2.52. The highest BCUT2D eigenvalue weighted by atomic mass is 16.4. The molecule has 0 aromatic heterocycles. The van der Waals surface area contributed by atoms with Crippen molar-refractivity contribution in [2.75, 3.05) is 6.54 Å². The molecule has 4 N–H and O–H groups in total. The van der Waals surface area contributed by atoms with Crippen LogP contribution in [-0.2, 0) is 16.0 Å². The van der Waals surface area contributed by atoms with Gasteiger partial charge in [0.1, 0.15) is 6.04 Å². The maximum Gasteiger partial charge on any atom is 0.405 e. The predicted molar refractivity (Wildman–Crippen MR) is 121 cm³/mol. The van der Waals surface area contributed by atoms with Crippen LogP contribution in [0.2, 0.25) is 0 Å². The summed E-state index contributed by atoms with van der Waals surface area (Å²) >= 11 is 0. The zero-order valence-corrected chi connectivity index (χ0v) is 19.1. The van der Waals surface area contributed by atoms with Gasteiger partial charge in [0.2, 0.25) is 11.8 Å². The third-order valence-corrected chi connectivity index (χ3v) is 6.29. The summed E-state index contributed by atoms with van der Waals surface area (Å²) < 4.78 is 0. The fourth-order valence-electron chi connectivity index (χ4n) is 4.51. The maximum atomic E-state index is 13.1. The zero-order valence-electron chi connectivity index (χ0n) is 19.1. The van der Waals surface area contributed by atoms with Crippen LogP contribution in [0.4, 0.5) is 4.79 Å². The van der Waals surface area contributed by atoms with E-state index in [1.807, 2.05) is 30.3 Å². The number of carbonyl (C=O) groups excluding carboxylic acids is 2. The van der Waals surface area contributed by atoms with Crippen LogP contribution in [0.1, 0.15) is 52.5 Å². The van der Waals surface area contributed by atoms with Gasteiger partial charge in [0, 0.05) is 12.5 Å².